The van der Waals surface area contributed by atoms with Crippen molar-refractivity contribution in [2.75, 3.05) is 5.75 Å². The fraction of sp³-hybridized carbons (Fsp3) is 0.250. The van der Waals surface area contributed by atoms with Gasteiger partial charge in [-0.3, -0.25) is 9.69 Å². The number of thioether (sulfide) groups is 1. The molecular formula is C12H10ClN3O3S2. The van der Waals surface area contributed by atoms with Crippen molar-refractivity contribution in [3.05, 3.63) is 32.9 Å². The highest BCUT2D eigenvalue weighted by Crippen LogP contribution is 2.40. The number of thiazole rings is 1. The zero-order valence-electron chi connectivity index (χ0n) is 10.5. The number of rotatable bonds is 3. The van der Waals surface area contributed by atoms with Crippen LogP contribution in [0, 0.1) is 0 Å². The lowest BCUT2D eigenvalue weighted by molar-refractivity contribution is -0.147. The number of amides is 1. The molecule has 0 spiro atoms. The summed E-state index contributed by atoms with van der Waals surface area (Å²) in [4.78, 5) is 29.2. The number of halogens is 1. The Morgan fingerprint density at radius 1 is 1.57 bits per heavy atom. The highest BCUT2D eigenvalue weighted by atomic mass is 35.5. The average molecular weight is 344 g/mol. The normalized spacial score (nSPS) is 25.2. The summed E-state index contributed by atoms with van der Waals surface area (Å²) in [6.45, 7) is 0. The molecule has 1 saturated heterocycles. The second kappa shape index (κ2) is 5.45. The molecular weight excluding hydrogens is 334 g/mol. The van der Waals surface area contributed by atoms with Crippen LogP contribution in [-0.2, 0) is 9.59 Å². The van der Waals surface area contributed by atoms with Gasteiger partial charge in [-0.1, -0.05) is 17.7 Å². The first kappa shape index (κ1) is 14.6. The lowest BCUT2D eigenvalue weighted by atomic mass is 10.0. The highest BCUT2D eigenvalue weighted by molar-refractivity contribution is 8.00. The van der Waals surface area contributed by atoms with E-state index in [1.807, 2.05) is 0 Å². The van der Waals surface area contributed by atoms with Crippen molar-refractivity contribution in [3.63, 3.8) is 0 Å². The van der Waals surface area contributed by atoms with Gasteiger partial charge >= 0.3 is 5.97 Å². The van der Waals surface area contributed by atoms with E-state index in [0.717, 1.165) is 4.88 Å². The van der Waals surface area contributed by atoms with E-state index in [2.05, 4.69) is 4.98 Å². The molecule has 0 bridgehead atoms. The predicted molar refractivity (Wildman–Crippen MR) is 81.9 cm³/mol. The molecule has 2 aliphatic rings. The van der Waals surface area contributed by atoms with Gasteiger partial charge in [-0.25, -0.2) is 9.78 Å². The fourth-order valence-corrected chi connectivity index (χ4v) is 4.33. The Hall–Kier alpha value is -1.35. The van der Waals surface area contributed by atoms with E-state index in [9.17, 15) is 14.7 Å². The van der Waals surface area contributed by atoms with E-state index < -0.39 is 12.0 Å². The molecule has 6 nitrogen and oxygen atoms in total. The summed E-state index contributed by atoms with van der Waals surface area (Å²) in [5.74, 6) is -1.00. The Kier molecular flexibility index (Phi) is 3.78. The molecule has 0 saturated carbocycles. The third kappa shape index (κ3) is 2.38. The van der Waals surface area contributed by atoms with Gasteiger partial charge < -0.3 is 10.8 Å². The van der Waals surface area contributed by atoms with Crippen LogP contribution >= 0.6 is 34.7 Å². The summed E-state index contributed by atoms with van der Waals surface area (Å²) in [5, 5.41) is 9.46. The van der Waals surface area contributed by atoms with Gasteiger partial charge in [0, 0.05) is 5.75 Å². The van der Waals surface area contributed by atoms with Crippen LogP contribution in [0.2, 0.25) is 5.15 Å². The van der Waals surface area contributed by atoms with Gasteiger partial charge in [0.1, 0.15) is 22.3 Å². The molecule has 2 unspecified atom stereocenters. The number of fused-ring (bicyclic) bond motifs is 1. The smallest absolute Gasteiger partial charge is 0.352 e. The van der Waals surface area contributed by atoms with Crippen LogP contribution in [0.15, 0.2) is 22.9 Å². The summed E-state index contributed by atoms with van der Waals surface area (Å²) < 4.78 is 0. The SMILES string of the molecule is NC1C(=O)N2C(C(=O)O)=C(/C=C/c3scnc3Cl)CSC12. The molecule has 1 aromatic rings. The van der Waals surface area contributed by atoms with Crippen molar-refractivity contribution < 1.29 is 14.7 Å². The molecule has 1 aromatic heterocycles. The van der Waals surface area contributed by atoms with Crippen LogP contribution in [0.4, 0.5) is 0 Å². The first-order valence-electron chi connectivity index (χ1n) is 5.94. The third-order valence-electron chi connectivity index (χ3n) is 3.23. The molecule has 1 amide bonds. The molecule has 3 N–H and O–H groups in total. The van der Waals surface area contributed by atoms with E-state index >= 15 is 0 Å². The molecule has 3 rings (SSSR count). The first-order chi connectivity index (χ1) is 10.0. The number of nitrogens with zero attached hydrogens (tertiary/aromatic N) is 2. The van der Waals surface area contributed by atoms with Gasteiger partial charge in [0.05, 0.1) is 10.4 Å². The average Bonchev–Trinajstić information content (AvgIpc) is 2.88. The number of allylic oxidation sites excluding steroid dienone is 1. The minimum absolute atomic E-state index is 0.00216. The number of aromatic nitrogens is 1. The van der Waals surface area contributed by atoms with Crippen LogP contribution in [0.3, 0.4) is 0 Å². The second-order valence-electron chi connectivity index (χ2n) is 4.46. The van der Waals surface area contributed by atoms with E-state index in [0.29, 0.717) is 16.5 Å². The Labute approximate surface area is 133 Å². The number of carbonyl (C=O) groups is 2. The van der Waals surface area contributed by atoms with Crippen LogP contribution in [0.1, 0.15) is 4.88 Å². The molecule has 3 heterocycles. The molecule has 0 aliphatic carbocycles. The minimum atomic E-state index is -1.13. The van der Waals surface area contributed by atoms with Crippen LogP contribution in [-0.4, -0.2) is 44.0 Å². The summed E-state index contributed by atoms with van der Waals surface area (Å²) >= 11 is 8.71. The highest BCUT2D eigenvalue weighted by Gasteiger charge is 2.51. The minimum Gasteiger partial charge on any atom is -0.477 e. The standard InChI is InChI=1S/C12H10ClN3O3S2/c13-9-6(21-4-15-9)2-1-5-3-20-11-7(14)10(17)16(11)8(5)12(18)19/h1-2,4,7,11H,3,14H2,(H,18,19)/b2-1+. The van der Waals surface area contributed by atoms with Crippen LogP contribution in [0.5, 0.6) is 0 Å². The molecule has 9 heteroatoms. The van der Waals surface area contributed by atoms with Crippen LogP contribution < -0.4 is 5.73 Å². The first-order valence-corrected chi connectivity index (χ1v) is 8.25. The number of hydrogen-bond donors (Lipinski definition) is 2. The number of carbonyl (C=O) groups excluding carboxylic acids is 1. The van der Waals surface area contributed by atoms with Crippen molar-refractivity contribution in [2.45, 2.75) is 11.4 Å². The third-order valence-corrected chi connectivity index (χ3v) is 5.76. The van der Waals surface area contributed by atoms with E-state index in [-0.39, 0.29) is 17.0 Å². The molecule has 1 fully saturated rings. The lowest BCUT2D eigenvalue weighted by Crippen LogP contribution is -2.68. The maximum atomic E-state index is 11.8. The monoisotopic (exact) mass is 343 g/mol. The van der Waals surface area contributed by atoms with Gasteiger partial charge in [-0.15, -0.1) is 23.1 Å². The number of β-lactam (4-membered cyclic amide) rings is 1. The molecule has 110 valence electrons. The van der Waals surface area contributed by atoms with Crippen LogP contribution in [0.25, 0.3) is 6.08 Å². The summed E-state index contributed by atoms with van der Waals surface area (Å²) in [6.07, 6.45) is 3.38. The largest absolute Gasteiger partial charge is 0.477 e. The second-order valence-corrected chi connectivity index (χ2v) is 6.80. The maximum Gasteiger partial charge on any atom is 0.352 e. The number of nitrogens with two attached hydrogens (primary N) is 1. The molecule has 0 radical (unpaired) electrons. The Balaban J connectivity index is 1.95. The van der Waals surface area contributed by atoms with E-state index in [1.165, 1.54) is 28.0 Å². The zero-order valence-corrected chi connectivity index (χ0v) is 12.9. The summed E-state index contributed by atoms with van der Waals surface area (Å²) in [6, 6.07) is -0.620. The number of carboxylic acid groups (broad SMARTS) is 1. The van der Waals surface area contributed by atoms with Gasteiger partial charge in [0.25, 0.3) is 0 Å². The van der Waals surface area contributed by atoms with Crippen molar-refractivity contribution in [3.8, 4) is 0 Å². The van der Waals surface area contributed by atoms with Gasteiger partial charge in [0.2, 0.25) is 5.91 Å². The Morgan fingerprint density at radius 2 is 2.33 bits per heavy atom. The number of aliphatic carboxylic acids is 1. The summed E-state index contributed by atoms with van der Waals surface area (Å²) in [7, 11) is 0. The van der Waals surface area contributed by atoms with Crippen molar-refractivity contribution >= 4 is 52.7 Å². The lowest BCUT2D eigenvalue weighted by Gasteiger charge is -2.47. The molecule has 2 atom stereocenters. The Bertz CT molecular complexity index is 685. The number of hydrogen-bond acceptors (Lipinski definition) is 6. The quantitative estimate of drug-likeness (QED) is 0.805. The van der Waals surface area contributed by atoms with Crippen molar-refractivity contribution in [1.29, 1.82) is 0 Å². The van der Waals surface area contributed by atoms with Gasteiger partial charge in [-0.2, -0.15) is 0 Å². The van der Waals surface area contributed by atoms with E-state index in [1.54, 1.807) is 17.7 Å². The van der Waals surface area contributed by atoms with Gasteiger partial charge in [-0.05, 0) is 11.6 Å². The molecule has 21 heavy (non-hydrogen) atoms. The van der Waals surface area contributed by atoms with Crippen molar-refractivity contribution in [1.82, 2.24) is 9.88 Å². The topological polar surface area (TPSA) is 96.5 Å². The number of carboxylic acids is 1. The zero-order chi connectivity index (χ0) is 15.1. The fourth-order valence-electron chi connectivity index (χ4n) is 2.19. The maximum absolute atomic E-state index is 11.8. The predicted octanol–water partition coefficient (Wildman–Crippen LogP) is 1.39. The van der Waals surface area contributed by atoms with Gasteiger partial charge in [0.15, 0.2) is 0 Å². The molecule has 0 aromatic carbocycles. The summed E-state index contributed by atoms with van der Waals surface area (Å²) in [5.41, 5.74) is 7.86. The molecule has 2 aliphatic heterocycles. The Morgan fingerprint density at radius 3 is 2.95 bits per heavy atom. The van der Waals surface area contributed by atoms with Crippen molar-refractivity contribution in [2.24, 2.45) is 5.73 Å². The van der Waals surface area contributed by atoms with E-state index in [4.69, 9.17) is 17.3 Å².